The number of ether oxygens (including phenoxy) is 3. The molecule has 4 N–H and O–H groups in total. The van der Waals surface area contributed by atoms with Crippen molar-refractivity contribution < 1.29 is 28.9 Å². The molecule has 1 saturated heterocycles. The summed E-state index contributed by atoms with van der Waals surface area (Å²) in [5.41, 5.74) is 5.50. The van der Waals surface area contributed by atoms with E-state index in [9.17, 15) is 14.7 Å². The van der Waals surface area contributed by atoms with E-state index < -0.39 is 6.10 Å². The molecule has 11 nitrogen and oxygen atoms in total. The molecule has 2 aromatic rings. The van der Waals surface area contributed by atoms with Crippen molar-refractivity contribution in [3.63, 3.8) is 0 Å². The van der Waals surface area contributed by atoms with Gasteiger partial charge in [0.1, 0.15) is 24.2 Å². The summed E-state index contributed by atoms with van der Waals surface area (Å²) in [6.45, 7) is 4.35. The average molecular weight is 540 g/mol. The number of rotatable bonds is 14. The molecule has 0 saturated carbocycles. The predicted octanol–water partition coefficient (Wildman–Crippen LogP) is 0.856. The molecule has 0 bridgehead atoms. The van der Waals surface area contributed by atoms with Gasteiger partial charge in [-0.25, -0.2) is 5.43 Å². The van der Waals surface area contributed by atoms with Crippen molar-refractivity contribution in [1.82, 2.24) is 16.1 Å². The van der Waals surface area contributed by atoms with Crippen LogP contribution in [0, 0.1) is 0 Å². The number of aliphatic hydroxyl groups excluding tert-OH is 1. The maximum Gasteiger partial charge on any atom is 0.257 e. The Bertz CT molecular complexity index is 1100. The molecule has 210 valence electrons. The number of hydrogen-bond acceptors (Lipinski definition) is 9. The SMILES string of the molecule is O=C(COc1ccc(CC2=NNC(=O)CC2)cc1)NCCNCC(O)COc1ccccc1N1CCOCC1. The van der Waals surface area contributed by atoms with Gasteiger partial charge in [-0.15, -0.1) is 0 Å². The number of anilines is 1. The second-order valence-corrected chi connectivity index (χ2v) is 9.41. The van der Waals surface area contributed by atoms with Crippen LogP contribution < -0.4 is 30.4 Å². The van der Waals surface area contributed by atoms with E-state index in [0.29, 0.717) is 57.9 Å². The molecule has 0 aliphatic carbocycles. The maximum absolute atomic E-state index is 12.1. The molecule has 0 aromatic heterocycles. The Labute approximate surface area is 228 Å². The lowest BCUT2D eigenvalue weighted by Gasteiger charge is -2.30. The Morgan fingerprint density at radius 2 is 1.87 bits per heavy atom. The first-order chi connectivity index (χ1) is 19.1. The van der Waals surface area contributed by atoms with Crippen molar-refractivity contribution in [3.05, 3.63) is 54.1 Å². The van der Waals surface area contributed by atoms with Crippen molar-refractivity contribution in [2.24, 2.45) is 5.10 Å². The van der Waals surface area contributed by atoms with Crippen LogP contribution in [0.25, 0.3) is 0 Å². The van der Waals surface area contributed by atoms with E-state index in [1.54, 1.807) is 0 Å². The third-order valence-corrected chi connectivity index (χ3v) is 6.33. The Hall–Kier alpha value is -3.67. The van der Waals surface area contributed by atoms with E-state index >= 15 is 0 Å². The zero-order chi connectivity index (χ0) is 27.3. The molecule has 2 aliphatic rings. The van der Waals surface area contributed by atoms with Gasteiger partial charge in [-0.2, -0.15) is 5.10 Å². The van der Waals surface area contributed by atoms with Crippen LogP contribution in [0.3, 0.4) is 0 Å². The number of para-hydroxylation sites is 2. The Morgan fingerprint density at radius 3 is 2.64 bits per heavy atom. The lowest BCUT2D eigenvalue weighted by atomic mass is 10.0. The van der Waals surface area contributed by atoms with E-state index in [4.69, 9.17) is 14.2 Å². The molecule has 1 fully saturated rings. The highest BCUT2D eigenvalue weighted by Gasteiger charge is 2.16. The smallest absolute Gasteiger partial charge is 0.257 e. The van der Waals surface area contributed by atoms with Crippen molar-refractivity contribution in [2.45, 2.75) is 25.4 Å². The van der Waals surface area contributed by atoms with Gasteiger partial charge in [0.05, 0.1) is 18.9 Å². The minimum atomic E-state index is -0.686. The quantitative estimate of drug-likeness (QED) is 0.260. The van der Waals surface area contributed by atoms with Crippen molar-refractivity contribution >= 4 is 23.2 Å². The monoisotopic (exact) mass is 539 g/mol. The molecular weight excluding hydrogens is 502 g/mol. The molecule has 1 atom stereocenters. The van der Waals surface area contributed by atoms with E-state index in [0.717, 1.165) is 35.8 Å². The number of hydrogen-bond donors (Lipinski definition) is 4. The van der Waals surface area contributed by atoms with Crippen LogP contribution >= 0.6 is 0 Å². The van der Waals surface area contributed by atoms with Gasteiger partial charge in [-0.1, -0.05) is 24.3 Å². The fourth-order valence-corrected chi connectivity index (χ4v) is 4.23. The highest BCUT2D eigenvalue weighted by Crippen LogP contribution is 2.28. The van der Waals surface area contributed by atoms with Gasteiger partial charge in [-0.05, 0) is 36.2 Å². The van der Waals surface area contributed by atoms with Crippen LogP contribution in [0.5, 0.6) is 11.5 Å². The van der Waals surface area contributed by atoms with Gasteiger partial charge in [-0.3, -0.25) is 9.59 Å². The van der Waals surface area contributed by atoms with Crippen LogP contribution in [-0.4, -0.2) is 87.9 Å². The first-order valence-corrected chi connectivity index (χ1v) is 13.3. The number of nitrogens with zero attached hydrogens (tertiary/aromatic N) is 2. The molecule has 0 radical (unpaired) electrons. The van der Waals surface area contributed by atoms with Crippen LogP contribution in [0.4, 0.5) is 5.69 Å². The number of aliphatic hydroxyl groups is 1. The molecular formula is C28H37N5O6. The molecule has 39 heavy (non-hydrogen) atoms. The van der Waals surface area contributed by atoms with Crippen LogP contribution in [-0.2, 0) is 20.7 Å². The Balaban J connectivity index is 1.06. The number of hydrazone groups is 1. The second kappa shape index (κ2) is 15.1. The van der Waals surface area contributed by atoms with Crippen LogP contribution in [0.2, 0.25) is 0 Å². The van der Waals surface area contributed by atoms with Gasteiger partial charge >= 0.3 is 0 Å². The summed E-state index contributed by atoms with van der Waals surface area (Å²) in [6, 6.07) is 15.3. The summed E-state index contributed by atoms with van der Waals surface area (Å²) >= 11 is 0. The van der Waals surface area contributed by atoms with Gasteiger partial charge < -0.3 is 34.9 Å². The summed E-state index contributed by atoms with van der Waals surface area (Å²) in [5, 5.41) is 20.3. The number of carbonyl (C=O) groups excluding carboxylic acids is 2. The van der Waals surface area contributed by atoms with Crippen molar-refractivity contribution in [3.8, 4) is 11.5 Å². The van der Waals surface area contributed by atoms with E-state index in [-0.39, 0.29) is 25.0 Å². The molecule has 2 aromatic carbocycles. The fourth-order valence-electron chi connectivity index (χ4n) is 4.23. The number of carbonyl (C=O) groups is 2. The predicted molar refractivity (Wildman–Crippen MR) is 147 cm³/mol. The summed E-state index contributed by atoms with van der Waals surface area (Å²) in [6.07, 6.45) is 1.10. The highest BCUT2D eigenvalue weighted by atomic mass is 16.5. The normalized spacial score (nSPS) is 16.2. The minimum Gasteiger partial charge on any atom is -0.489 e. The molecule has 0 spiro atoms. The van der Waals surface area contributed by atoms with Crippen molar-refractivity contribution in [2.75, 3.05) is 64.1 Å². The molecule has 11 heteroatoms. The first kappa shape index (κ1) is 28.3. The van der Waals surface area contributed by atoms with E-state index in [1.165, 1.54) is 0 Å². The third kappa shape index (κ3) is 9.54. The number of amides is 2. The third-order valence-electron chi connectivity index (χ3n) is 6.33. The molecule has 2 aliphatic heterocycles. The van der Waals surface area contributed by atoms with E-state index in [1.807, 2.05) is 48.5 Å². The van der Waals surface area contributed by atoms with Crippen LogP contribution in [0.15, 0.2) is 53.6 Å². The van der Waals surface area contributed by atoms with Gasteiger partial charge in [0.15, 0.2) is 6.61 Å². The second-order valence-electron chi connectivity index (χ2n) is 9.41. The largest absolute Gasteiger partial charge is 0.489 e. The Kier molecular flexibility index (Phi) is 10.9. The topological polar surface area (TPSA) is 134 Å². The van der Waals surface area contributed by atoms with Crippen molar-refractivity contribution in [1.29, 1.82) is 0 Å². The molecule has 4 rings (SSSR count). The average Bonchev–Trinajstić information content (AvgIpc) is 2.97. The number of nitrogens with one attached hydrogen (secondary N) is 3. The number of morpholine rings is 1. The standard InChI is InChI=1S/C28H37N5O6/c34-23(19-39-26-4-2-1-3-25(26)33-13-15-37-16-14-33)18-29-11-12-30-28(36)20-38-24-8-5-21(6-9-24)17-22-7-10-27(35)32-31-22/h1-6,8-9,23,29,34H,7,10-20H2,(H,30,36)(H,32,35). The molecule has 1 unspecified atom stereocenters. The number of benzene rings is 2. The van der Waals surface area contributed by atoms with Gasteiger partial charge in [0, 0.05) is 51.3 Å². The zero-order valence-electron chi connectivity index (χ0n) is 22.1. The summed E-state index contributed by atoms with van der Waals surface area (Å²) in [4.78, 5) is 25.5. The highest BCUT2D eigenvalue weighted by molar-refractivity contribution is 5.93. The summed E-state index contributed by atoms with van der Waals surface area (Å²) in [5.74, 6) is 1.07. The zero-order valence-corrected chi connectivity index (χ0v) is 22.1. The lowest BCUT2D eigenvalue weighted by molar-refractivity contribution is -0.123. The lowest BCUT2D eigenvalue weighted by Crippen LogP contribution is -2.38. The molecule has 2 amide bonds. The van der Waals surface area contributed by atoms with Gasteiger partial charge in [0.2, 0.25) is 5.91 Å². The molecule has 2 heterocycles. The van der Waals surface area contributed by atoms with E-state index in [2.05, 4.69) is 26.1 Å². The first-order valence-electron chi connectivity index (χ1n) is 13.3. The van der Waals surface area contributed by atoms with Gasteiger partial charge in [0.25, 0.3) is 5.91 Å². The summed E-state index contributed by atoms with van der Waals surface area (Å²) < 4.78 is 16.9. The van der Waals surface area contributed by atoms with Crippen LogP contribution in [0.1, 0.15) is 18.4 Å². The fraction of sp³-hybridized carbons (Fsp3) is 0.464. The maximum atomic E-state index is 12.1. The minimum absolute atomic E-state index is 0.0547. The summed E-state index contributed by atoms with van der Waals surface area (Å²) in [7, 11) is 0. The Morgan fingerprint density at radius 1 is 1.08 bits per heavy atom.